The molecule has 11 nitrogen and oxygen atoms in total. The molecule has 0 unspecified atom stereocenters. The number of anilines is 2. The van der Waals surface area contributed by atoms with E-state index in [1.54, 1.807) is 20.8 Å². The highest BCUT2D eigenvalue weighted by Gasteiger charge is 2.26. The van der Waals surface area contributed by atoms with Crippen LogP contribution in [0.1, 0.15) is 42.4 Å². The van der Waals surface area contributed by atoms with E-state index in [4.69, 9.17) is 9.47 Å². The quantitative estimate of drug-likeness (QED) is 0.225. The minimum Gasteiger partial charge on any atom is -0.481 e. The molecule has 0 saturated heterocycles. The third-order valence-corrected chi connectivity index (χ3v) is 5.59. The summed E-state index contributed by atoms with van der Waals surface area (Å²) in [6, 6.07) is 7.03. The predicted molar refractivity (Wildman–Crippen MR) is 141 cm³/mol. The number of methoxy groups -OCH3 is 1. The fraction of sp³-hybridized carbons (Fsp3) is 0.296. The minimum atomic E-state index is -1.54. The summed E-state index contributed by atoms with van der Waals surface area (Å²) in [5, 5.41) is 23.7. The fourth-order valence-electron chi connectivity index (χ4n) is 3.73. The van der Waals surface area contributed by atoms with Crippen LogP contribution in [0, 0.1) is 27.6 Å². The maximum Gasteiger partial charge on any atom is 0.410 e. The Labute approximate surface area is 232 Å². The van der Waals surface area contributed by atoms with Crippen LogP contribution in [0.3, 0.4) is 0 Å². The first-order valence-corrected chi connectivity index (χ1v) is 12.1. The van der Waals surface area contributed by atoms with Crippen LogP contribution in [0.2, 0.25) is 0 Å². The summed E-state index contributed by atoms with van der Waals surface area (Å²) < 4.78 is 52.5. The van der Waals surface area contributed by atoms with Crippen molar-refractivity contribution in [1.29, 1.82) is 0 Å². The third-order valence-electron chi connectivity index (χ3n) is 5.59. The van der Waals surface area contributed by atoms with Crippen molar-refractivity contribution < 1.29 is 42.3 Å². The molecular weight excluding hydrogens is 549 g/mol. The first-order valence-electron chi connectivity index (χ1n) is 12.1. The van der Waals surface area contributed by atoms with E-state index < -0.39 is 45.6 Å². The molecule has 14 heteroatoms. The Bertz CT molecular complexity index is 1480. The van der Waals surface area contributed by atoms with E-state index in [1.807, 2.05) is 0 Å². The summed E-state index contributed by atoms with van der Waals surface area (Å²) in [5.74, 6) is -4.82. The molecule has 1 amide bonds. The lowest BCUT2D eigenvalue weighted by atomic mass is 10.1. The lowest BCUT2D eigenvalue weighted by molar-refractivity contribution is -0.386. The van der Waals surface area contributed by atoms with Gasteiger partial charge in [0.1, 0.15) is 17.1 Å². The van der Waals surface area contributed by atoms with Gasteiger partial charge in [0.2, 0.25) is 5.88 Å². The highest BCUT2D eigenvalue weighted by Crippen LogP contribution is 2.29. The van der Waals surface area contributed by atoms with Gasteiger partial charge in [-0.1, -0.05) is 0 Å². The maximum absolute atomic E-state index is 14.3. The number of nitrogens with zero attached hydrogens (tertiary/aromatic N) is 3. The van der Waals surface area contributed by atoms with Crippen molar-refractivity contribution in [2.45, 2.75) is 39.3 Å². The lowest BCUT2D eigenvalue weighted by Crippen LogP contribution is -2.38. The van der Waals surface area contributed by atoms with Crippen molar-refractivity contribution in [1.82, 2.24) is 9.88 Å². The minimum absolute atomic E-state index is 0.0217. The molecule has 0 saturated carbocycles. The molecule has 0 atom stereocenters. The number of carboxylic acids is 1. The predicted octanol–water partition coefficient (Wildman–Crippen LogP) is 5.84. The van der Waals surface area contributed by atoms with Gasteiger partial charge in [-0.05, 0) is 50.6 Å². The number of nitrogens with one attached hydrogen (secondary N) is 1. The Morgan fingerprint density at radius 3 is 2.37 bits per heavy atom. The van der Waals surface area contributed by atoms with Gasteiger partial charge in [0, 0.05) is 36.9 Å². The molecule has 2 aromatic carbocycles. The van der Waals surface area contributed by atoms with Crippen LogP contribution >= 0.6 is 0 Å². The summed E-state index contributed by atoms with van der Waals surface area (Å²) in [7, 11) is 1.34. The van der Waals surface area contributed by atoms with E-state index in [9.17, 15) is 38.0 Å². The second-order valence-electron chi connectivity index (χ2n) is 9.77. The molecule has 0 aliphatic heterocycles. The number of rotatable bonds is 10. The number of pyridine rings is 1. The highest BCUT2D eigenvalue weighted by atomic mass is 19.2. The second-order valence-corrected chi connectivity index (χ2v) is 9.77. The van der Waals surface area contributed by atoms with Crippen molar-refractivity contribution in [2.75, 3.05) is 19.0 Å². The summed E-state index contributed by atoms with van der Waals surface area (Å²) in [6.45, 7) is 4.39. The van der Waals surface area contributed by atoms with E-state index in [1.165, 1.54) is 25.3 Å². The average Bonchev–Trinajstić information content (AvgIpc) is 2.88. The standard InChI is InChI=1S/C27H27F3N4O7/c1-27(2,3)41-26(37)33(10-9-21-23(34(38)39)7-8-24(32-21)40-4)14-15-11-16(28)5-6-20(15)31-22-13-19(30)18(29)12-17(22)25(35)36/h5-8,11-13,31H,9-10,14H2,1-4H3,(H,35,36). The van der Waals surface area contributed by atoms with Crippen LogP contribution in [0.25, 0.3) is 0 Å². The Morgan fingerprint density at radius 1 is 1.07 bits per heavy atom. The van der Waals surface area contributed by atoms with E-state index in [2.05, 4.69) is 10.3 Å². The molecule has 0 aliphatic rings. The zero-order valence-electron chi connectivity index (χ0n) is 22.5. The zero-order valence-corrected chi connectivity index (χ0v) is 22.5. The largest absolute Gasteiger partial charge is 0.481 e. The van der Waals surface area contributed by atoms with Crippen LogP contribution < -0.4 is 10.1 Å². The smallest absolute Gasteiger partial charge is 0.410 e. The van der Waals surface area contributed by atoms with Crippen LogP contribution in [0.5, 0.6) is 5.88 Å². The van der Waals surface area contributed by atoms with Gasteiger partial charge in [0.25, 0.3) is 5.69 Å². The summed E-state index contributed by atoms with van der Waals surface area (Å²) in [6.07, 6.45) is -0.950. The van der Waals surface area contributed by atoms with Gasteiger partial charge in [-0.2, -0.15) is 0 Å². The Morgan fingerprint density at radius 2 is 1.76 bits per heavy atom. The molecule has 0 spiro atoms. The normalized spacial score (nSPS) is 11.1. The lowest BCUT2D eigenvalue weighted by Gasteiger charge is -2.28. The first kappa shape index (κ1) is 30.7. The van der Waals surface area contributed by atoms with Crippen molar-refractivity contribution in [2.24, 2.45) is 0 Å². The number of aromatic carboxylic acids is 1. The third kappa shape index (κ3) is 8.06. The van der Waals surface area contributed by atoms with E-state index in [-0.39, 0.29) is 53.7 Å². The van der Waals surface area contributed by atoms with Crippen molar-refractivity contribution in [3.05, 3.63) is 86.9 Å². The molecule has 41 heavy (non-hydrogen) atoms. The fourth-order valence-corrected chi connectivity index (χ4v) is 3.73. The van der Waals surface area contributed by atoms with Crippen molar-refractivity contribution in [3.8, 4) is 5.88 Å². The molecule has 0 fully saturated rings. The molecule has 0 radical (unpaired) electrons. The molecule has 1 aromatic heterocycles. The molecule has 2 N–H and O–H groups in total. The number of halogens is 3. The van der Waals surface area contributed by atoms with E-state index >= 15 is 0 Å². The van der Waals surface area contributed by atoms with Gasteiger partial charge in [0.05, 0.1) is 29.8 Å². The average molecular weight is 577 g/mol. The summed E-state index contributed by atoms with van der Waals surface area (Å²) in [4.78, 5) is 41.0. The Hall–Kier alpha value is -4.88. The number of ether oxygens (including phenoxy) is 2. The number of carbonyl (C=O) groups is 2. The van der Waals surface area contributed by atoms with Crippen LogP contribution in [0.4, 0.5) is 35.0 Å². The number of carbonyl (C=O) groups excluding carboxylic acids is 1. The second kappa shape index (κ2) is 12.5. The number of carboxylic acid groups (broad SMARTS) is 1. The van der Waals surface area contributed by atoms with E-state index in [0.717, 1.165) is 17.0 Å². The van der Waals surface area contributed by atoms with Gasteiger partial charge in [-0.3, -0.25) is 10.1 Å². The zero-order chi connectivity index (χ0) is 30.5. The van der Waals surface area contributed by atoms with E-state index in [0.29, 0.717) is 12.1 Å². The monoisotopic (exact) mass is 576 g/mol. The Balaban J connectivity index is 2.00. The van der Waals surface area contributed by atoms with Crippen molar-refractivity contribution >= 4 is 29.1 Å². The van der Waals surface area contributed by atoms with Crippen LogP contribution in [0.15, 0.2) is 42.5 Å². The Kier molecular flexibility index (Phi) is 9.37. The highest BCUT2D eigenvalue weighted by molar-refractivity contribution is 5.95. The van der Waals surface area contributed by atoms with Gasteiger partial charge >= 0.3 is 12.1 Å². The number of hydrogen-bond acceptors (Lipinski definition) is 8. The van der Waals surface area contributed by atoms with Crippen molar-refractivity contribution in [3.63, 3.8) is 0 Å². The van der Waals surface area contributed by atoms with Gasteiger partial charge in [-0.15, -0.1) is 0 Å². The number of aromatic nitrogens is 1. The number of benzene rings is 2. The number of hydrogen-bond donors (Lipinski definition) is 2. The maximum atomic E-state index is 14.3. The first-order chi connectivity index (χ1) is 19.2. The summed E-state index contributed by atoms with van der Waals surface area (Å²) in [5.41, 5.74) is -1.91. The molecule has 1 heterocycles. The van der Waals surface area contributed by atoms with Crippen LogP contribution in [-0.4, -0.2) is 51.2 Å². The molecular formula is C27H27F3N4O7. The SMILES string of the molecule is COc1ccc([N+](=O)[O-])c(CCN(Cc2cc(F)ccc2Nc2cc(F)c(F)cc2C(=O)O)C(=O)OC(C)(C)C)n1. The van der Waals surface area contributed by atoms with Gasteiger partial charge in [0.15, 0.2) is 11.6 Å². The molecule has 3 rings (SSSR count). The van der Waals surface area contributed by atoms with Crippen LogP contribution in [-0.2, 0) is 17.7 Å². The van der Waals surface area contributed by atoms with Gasteiger partial charge < -0.3 is 24.8 Å². The number of nitro groups is 1. The molecule has 218 valence electrons. The summed E-state index contributed by atoms with van der Waals surface area (Å²) >= 11 is 0. The molecule has 3 aromatic rings. The number of amides is 1. The van der Waals surface area contributed by atoms with Gasteiger partial charge in [-0.25, -0.2) is 27.7 Å². The molecule has 0 bridgehead atoms. The topological polar surface area (TPSA) is 144 Å². The molecule has 0 aliphatic carbocycles.